The number of aromatic nitrogens is 1. The molecule has 1 aliphatic rings. The van der Waals surface area contributed by atoms with Gasteiger partial charge in [0, 0.05) is 41.5 Å². The van der Waals surface area contributed by atoms with Crippen molar-refractivity contribution in [2.24, 2.45) is 0 Å². The van der Waals surface area contributed by atoms with Gasteiger partial charge in [-0.05, 0) is 54.8 Å². The van der Waals surface area contributed by atoms with Crippen LogP contribution in [-0.2, 0) is 6.54 Å². The highest BCUT2D eigenvalue weighted by molar-refractivity contribution is 6.31. The van der Waals surface area contributed by atoms with Crippen LogP contribution in [0.4, 0.5) is 5.69 Å². The summed E-state index contributed by atoms with van der Waals surface area (Å²) in [5.41, 5.74) is 3.14. The number of piperidine rings is 1. The number of nitrogens with zero attached hydrogens (tertiary/aromatic N) is 2. The molecule has 156 valence electrons. The van der Waals surface area contributed by atoms with Crippen LogP contribution >= 0.6 is 11.6 Å². The Morgan fingerprint density at radius 1 is 1.19 bits per heavy atom. The van der Waals surface area contributed by atoms with Crippen LogP contribution < -0.4 is 10.9 Å². The Labute approximate surface area is 184 Å². The van der Waals surface area contributed by atoms with E-state index < -0.39 is 0 Å². The SMILES string of the molecule is N#Cc1c(NC2CCN(Cc3ccc4occc4c3)CC2)c2cc(Cl)ccc2[nH]c1=O. The summed E-state index contributed by atoms with van der Waals surface area (Å²) >= 11 is 6.18. The van der Waals surface area contributed by atoms with Crippen molar-refractivity contribution in [3.63, 3.8) is 0 Å². The zero-order chi connectivity index (χ0) is 21.4. The van der Waals surface area contributed by atoms with Crippen LogP contribution in [0.1, 0.15) is 24.0 Å². The second kappa shape index (κ2) is 8.10. The summed E-state index contributed by atoms with van der Waals surface area (Å²) in [5.74, 6) is 0. The van der Waals surface area contributed by atoms with Crippen molar-refractivity contribution in [1.29, 1.82) is 5.26 Å². The first-order valence-electron chi connectivity index (χ1n) is 10.3. The van der Waals surface area contributed by atoms with Gasteiger partial charge < -0.3 is 14.7 Å². The van der Waals surface area contributed by atoms with Gasteiger partial charge in [-0.25, -0.2) is 0 Å². The monoisotopic (exact) mass is 432 g/mol. The zero-order valence-electron chi connectivity index (χ0n) is 16.8. The van der Waals surface area contributed by atoms with Crippen LogP contribution in [0, 0.1) is 11.3 Å². The van der Waals surface area contributed by atoms with Crippen LogP contribution in [0.5, 0.6) is 0 Å². The maximum atomic E-state index is 12.4. The van der Waals surface area contributed by atoms with Gasteiger partial charge in [-0.15, -0.1) is 0 Å². The largest absolute Gasteiger partial charge is 0.464 e. The van der Waals surface area contributed by atoms with Crippen LogP contribution in [0.25, 0.3) is 21.9 Å². The molecule has 0 aliphatic carbocycles. The molecule has 1 aliphatic heterocycles. The molecule has 6 nitrogen and oxygen atoms in total. The average Bonchev–Trinajstić information content (AvgIpc) is 3.24. The third-order valence-electron chi connectivity index (χ3n) is 5.95. The number of pyridine rings is 1. The molecule has 2 N–H and O–H groups in total. The van der Waals surface area contributed by atoms with Gasteiger partial charge in [-0.3, -0.25) is 9.69 Å². The van der Waals surface area contributed by atoms with E-state index in [0.717, 1.165) is 48.8 Å². The van der Waals surface area contributed by atoms with Crippen LogP contribution in [0.2, 0.25) is 5.02 Å². The number of rotatable bonds is 4. The number of hydrogen-bond donors (Lipinski definition) is 2. The van der Waals surface area contributed by atoms with Crippen molar-refractivity contribution in [3.05, 3.63) is 75.2 Å². The van der Waals surface area contributed by atoms with E-state index in [1.165, 1.54) is 5.56 Å². The minimum atomic E-state index is -0.383. The first-order valence-corrected chi connectivity index (χ1v) is 10.7. The number of fused-ring (bicyclic) bond motifs is 2. The molecule has 0 amide bonds. The number of nitrogens with one attached hydrogen (secondary N) is 2. The molecule has 0 spiro atoms. The summed E-state index contributed by atoms with van der Waals surface area (Å²) in [4.78, 5) is 17.6. The molecule has 31 heavy (non-hydrogen) atoms. The van der Waals surface area contributed by atoms with E-state index in [9.17, 15) is 10.1 Å². The van der Waals surface area contributed by atoms with Crippen LogP contribution in [0.15, 0.2) is 57.9 Å². The first kappa shape index (κ1) is 19.7. The van der Waals surface area contributed by atoms with E-state index in [-0.39, 0.29) is 17.2 Å². The van der Waals surface area contributed by atoms with Gasteiger partial charge >= 0.3 is 0 Å². The number of aromatic amines is 1. The van der Waals surface area contributed by atoms with Gasteiger partial charge in [0.25, 0.3) is 5.56 Å². The summed E-state index contributed by atoms with van der Waals surface area (Å²) in [6.07, 6.45) is 3.56. The Balaban J connectivity index is 1.31. The fourth-order valence-corrected chi connectivity index (χ4v) is 4.51. The lowest BCUT2D eigenvalue weighted by atomic mass is 10.0. The second-order valence-electron chi connectivity index (χ2n) is 7.99. The predicted octanol–water partition coefficient (Wildman–Crippen LogP) is 4.88. The molecule has 3 heterocycles. The topological polar surface area (TPSA) is 85.1 Å². The average molecular weight is 433 g/mol. The molecule has 0 unspecified atom stereocenters. The highest BCUT2D eigenvalue weighted by Gasteiger charge is 2.22. The highest BCUT2D eigenvalue weighted by Crippen LogP contribution is 2.29. The van der Waals surface area contributed by atoms with Gasteiger partial charge in [0.1, 0.15) is 17.2 Å². The summed E-state index contributed by atoms with van der Waals surface area (Å²) < 4.78 is 5.42. The lowest BCUT2D eigenvalue weighted by Gasteiger charge is -2.33. The van der Waals surface area contributed by atoms with Crippen molar-refractivity contribution < 1.29 is 4.42 Å². The van der Waals surface area contributed by atoms with Crippen molar-refractivity contribution in [1.82, 2.24) is 9.88 Å². The van der Waals surface area contributed by atoms with Crippen molar-refractivity contribution in [2.75, 3.05) is 18.4 Å². The molecule has 2 aromatic carbocycles. The summed E-state index contributed by atoms with van der Waals surface area (Å²) in [5, 5.41) is 15.5. The lowest BCUT2D eigenvalue weighted by molar-refractivity contribution is 0.211. The van der Waals surface area contributed by atoms with Crippen LogP contribution in [0.3, 0.4) is 0 Å². The standard InChI is InChI=1S/C24H21ClN4O2/c25-17-2-3-21-19(12-17)23(20(13-26)24(30)28-21)27-18-5-8-29(9-6-18)14-15-1-4-22-16(11-15)7-10-31-22/h1-4,7,10-12,18H,5-6,8-9,14H2,(H2,27,28,30). The van der Waals surface area contributed by atoms with Gasteiger partial charge in [0.2, 0.25) is 0 Å². The predicted molar refractivity (Wildman–Crippen MR) is 122 cm³/mol. The number of halogens is 1. The summed E-state index contributed by atoms with van der Waals surface area (Å²) in [6, 6.07) is 15.8. The number of nitriles is 1. The maximum Gasteiger partial charge on any atom is 0.268 e. The Hall–Kier alpha value is -3.27. The summed E-state index contributed by atoms with van der Waals surface area (Å²) in [7, 11) is 0. The molecule has 5 rings (SSSR count). The van der Waals surface area contributed by atoms with Gasteiger partial charge in [-0.2, -0.15) is 5.26 Å². The lowest BCUT2D eigenvalue weighted by Crippen LogP contribution is -2.39. The number of anilines is 1. The van der Waals surface area contributed by atoms with Gasteiger partial charge in [0.15, 0.2) is 0 Å². The number of H-pyrrole nitrogens is 1. The number of benzene rings is 2. The second-order valence-corrected chi connectivity index (χ2v) is 8.43. The van der Waals surface area contributed by atoms with E-state index in [2.05, 4.69) is 33.4 Å². The van der Waals surface area contributed by atoms with E-state index in [0.29, 0.717) is 16.2 Å². The third kappa shape index (κ3) is 3.90. The van der Waals surface area contributed by atoms with Crippen LogP contribution in [-0.4, -0.2) is 29.0 Å². The molecule has 1 saturated heterocycles. The highest BCUT2D eigenvalue weighted by atomic mass is 35.5. The minimum Gasteiger partial charge on any atom is -0.464 e. The molecule has 0 radical (unpaired) electrons. The molecule has 4 aromatic rings. The quantitative estimate of drug-likeness (QED) is 0.480. The third-order valence-corrected chi connectivity index (χ3v) is 6.18. The van der Waals surface area contributed by atoms with E-state index in [1.54, 1.807) is 24.5 Å². The molecule has 1 fully saturated rings. The molecular formula is C24H21ClN4O2. The fraction of sp³-hybridized carbons (Fsp3) is 0.250. The van der Waals surface area contributed by atoms with Gasteiger partial charge in [-0.1, -0.05) is 17.7 Å². The molecule has 0 bridgehead atoms. The Bertz CT molecular complexity index is 1360. The summed E-state index contributed by atoms with van der Waals surface area (Å²) in [6.45, 7) is 2.76. The van der Waals surface area contributed by atoms with E-state index in [4.69, 9.17) is 16.0 Å². The Morgan fingerprint density at radius 3 is 2.84 bits per heavy atom. The number of likely N-dealkylation sites (tertiary alicyclic amines) is 1. The fourth-order valence-electron chi connectivity index (χ4n) is 4.33. The van der Waals surface area contributed by atoms with Crippen molar-refractivity contribution >= 4 is 39.2 Å². The molecule has 0 saturated carbocycles. The Morgan fingerprint density at radius 2 is 2.03 bits per heavy atom. The molecular weight excluding hydrogens is 412 g/mol. The molecule has 0 atom stereocenters. The Kier molecular flexibility index (Phi) is 5.14. The number of furan rings is 1. The molecule has 2 aromatic heterocycles. The van der Waals surface area contributed by atoms with E-state index >= 15 is 0 Å². The number of hydrogen-bond acceptors (Lipinski definition) is 5. The minimum absolute atomic E-state index is 0.102. The van der Waals surface area contributed by atoms with Crippen molar-refractivity contribution in [3.8, 4) is 6.07 Å². The normalized spacial score (nSPS) is 15.4. The molecule has 7 heteroatoms. The maximum absolute atomic E-state index is 12.4. The van der Waals surface area contributed by atoms with Crippen molar-refractivity contribution in [2.45, 2.75) is 25.4 Å². The first-order chi connectivity index (χ1) is 15.1. The smallest absolute Gasteiger partial charge is 0.268 e. The van der Waals surface area contributed by atoms with Gasteiger partial charge in [0.05, 0.1) is 17.5 Å². The van der Waals surface area contributed by atoms with E-state index in [1.807, 2.05) is 12.1 Å². The zero-order valence-corrected chi connectivity index (χ0v) is 17.6.